The summed E-state index contributed by atoms with van der Waals surface area (Å²) in [7, 11) is 0. The number of rotatable bonds is 5. The third-order valence-electron chi connectivity index (χ3n) is 7.49. The summed E-state index contributed by atoms with van der Waals surface area (Å²) in [5.74, 6) is 0.581. The molecule has 0 aromatic heterocycles. The van der Waals surface area contributed by atoms with Crippen molar-refractivity contribution in [1.29, 1.82) is 0 Å². The quantitative estimate of drug-likeness (QED) is 0.552. The first-order valence-corrected chi connectivity index (χ1v) is 12.5. The van der Waals surface area contributed by atoms with E-state index >= 15 is 0 Å². The average molecular weight is 454 g/mol. The van der Waals surface area contributed by atoms with E-state index in [1.165, 1.54) is 27.9 Å². The second kappa shape index (κ2) is 10.0. The van der Waals surface area contributed by atoms with Crippen molar-refractivity contribution in [2.45, 2.75) is 26.3 Å². The van der Waals surface area contributed by atoms with E-state index in [-0.39, 0.29) is 11.8 Å². The number of nitrogens with zero attached hydrogens (tertiary/aromatic N) is 3. The predicted molar refractivity (Wildman–Crippen MR) is 139 cm³/mol. The van der Waals surface area contributed by atoms with Crippen LogP contribution in [0, 0.1) is 19.8 Å². The molecule has 2 heterocycles. The summed E-state index contributed by atoms with van der Waals surface area (Å²) in [5.41, 5.74) is 6.50. The summed E-state index contributed by atoms with van der Waals surface area (Å²) in [6, 6.07) is 27.9. The summed E-state index contributed by atoms with van der Waals surface area (Å²) < 4.78 is 0. The lowest BCUT2D eigenvalue weighted by atomic mass is 9.88. The van der Waals surface area contributed by atoms with Gasteiger partial charge in [0.15, 0.2) is 0 Å². The highest BCUT2D eigenvalue weighted by Gasteiger charge is 2.40. The molecule has 1 amide bonds. The minimum absolute atomic E-state index is 0.0124. The average Bonchev–Trinajstić information content (AvgIpc) is 3.30. The van der Waals surface area contributed by atoms with Crippen LogP contribution in [0.5, 0.6) is 0 Å². The Morgan fingerprint density at radius 2 is 1.50 bits per heavy atom. The normalized spacial score (nSPS) is 21.1. The van der Waals surface area contributed by atoms with Crippen LogP contribution in [0.2, 0.25) is 0 Å². The molecule has 0 bridgehead atoms. The molecule has 2 aliphatic heterocycles. The van der Waals surface area contributed by atoms with E-state index in [0.29, 0.717) is 5.91 Å². The van der Waals surface area contributed by atoms with Gasteiger partial charge in [-0.1, -0.05) is 72.8 Å². The van der Waals surface area contributed by atoms with Crippen LogP contribution in [-0.2, 0) is 11.3 Å². The topological polar surface area (TPSA) is 26.8 Å². The highest BCUT2D eigenvalue weighted by molar-refractivity contribution is 5.81. The summed E-state index contributed by atoms with van der Waals surface area (Å²) in [5, 5.41) is 0. The lowest BCUT2D eigenvalue weighted by molar-refractivity contribution is -0.135. The molecule has 2 atom stereocenters. The Morgan fingerprint density at radius 1 is 0.824 bits per heavy atom. The van der Waals surface area contributed by atoms with E-state index in [1.54, 1.807) is 0 Å². The van der Waals surface area contributed by atoms with Gasteiger partial charge < -0.3 is 9.80 Å². The van der Waals surface area contributed by atoms with Crippen LogP contribution >= 0.6 is 0 Å². The number of carbonyl (C=O) groups excluding carboxylic acids is 1. The van der Waals surface area contributed by atoms with Crippen LogP contribution < -0.4 is 4.90 Å². The van der Waals surface area contributed by atoms with Crippen molar-refractivity contribution in [3.63, 3.8) is 0 Å². The summed E-state index contributed by atoms with van der Waals surface area (Å²) in [4.78, 5) is 20.8. The minimum Gasteiger partial charge on any atom is -0.368 e. The minimum atomic E-state index is 0.0124. The van der Waals surface area contributed by atoms with E-state index in [1.807, 2.05) is 0 Å². The number of likely N-dealkylation sites (tertiary alicyclic amines) is 1. The SMILES string of the molecule is Cc1ccc(C)c(N2CCN(C(=O)[C@H]3CN(Cc4ccccc4)C[C@H]3c3ccccc3)CC2)c1. The number of piperazine rings is 1. The van der Waals surface area contributed by atoms with Gasteiger partial charge >= 0.3 is 0 Å². The molecule has 4 nitrogen and oxygen atoms in total. The fourth-order valence-corrected chi connectivity index (χ4v) is 5.61. The van der Waals surface area contributed by atoms with Crippen LogP contribution in [0.15, 0.2) is 78.9 Å². The Balaban J connectivity index is 1.29. The molecule has 4 heteroatoms. The molecule has 3 aromatic carbocycles. The highest BCUT2D eigenvalue weighted by Crippen LogP contribution is 2.35. The van der Waals surface area contributed by atoms with Gasteiger partial charge in [0.1, 0.15) is 0 Å². The van der Waals surface area contributed by atoms with Crippen molar-refractivity contribution in [3.8, 4) is 0 Å². The second-order valence-corrected chi connectivity index (χ2v) is 9.91. The van der Waals surface area contributed by atoms with Crippen molar-refractivity contribution in [3.05, 3.63) is 101 Å². The molecule has 2 fully saturated rings. The lowest BCUT2D eigenvalue weighted by Crippen LogP contribution is -2.51. The van der Waals surface area contributed by atoms with Crippen molar-refractivity contribution in [2.24, 2.45) is 5.92 Å². The van der Waals surface area contributed by atoms with E-state index in [9.17, 15) is 4.79 Å². The van der Waals surface area contributed by atoms with Crippen molar-refractivity contribution in [2.75, 3.05) is 44.2 Å². The lowest BCUT2D eigenvalue weighted by Gasteiger charge is -2.38. The molecule has 0 unspecified atom stereocenters. The number of amides is 1. The molecular formula is C30H35N3O. The first-order valence-electron chi connectivity index (χ1n) is 12.5. The van der Waals surface area contributed by atoms with E-state index in [2.05, 4.69) is 107 Å². The van der Waals surface area contributed by atoms with Gasteiger partial charge in [0.2, 0.25) is 5.91 Å². The molecule has 3 aromatic rings. The zero-order valence-electron chi connectivity index (χ0n) is 20.4. The number of hydrogen-bond acceptors (Lipinski definition) is 3. The van der Waals surface area contributed by atoms with Gasteiger partial charge in [-0.15, -0.1) is 0 Å². The fourth-order valence-electron chi connectivity index (χ4n) is 5.61. The monoisotopic (exact) mass is 453 g/mol. The maximum absolute atomic E-state index is 13.8. The Morgan fingerprint density at radius 3 is 2.21 bits per heavy atom. The van der Waals surface area contributed by atoms with Gasteiger partial charge in [0, 0.05) is 57.4 Å². The highest BCUT2D eigenvalue weighted by atomic mass is 16.2. The zero-order valence-corrected chi connectivity index (χ0v) is 20.4. The summed E-state index contributed by atoms with van der Waals surface area (Å²) in [6.45, 7) is 10.4. The van der Waals surface area contributed by atoms with Crippen molar-refractivity contribution >= 4 is 11.6 Å². The summed E-state index contributed by atoms with van der Waals surface area (Å²) in [6.07, 6.45) is 0. The van der Waals surface area contributed by atoms with E-state index in [0.717, 1.165) is 45.8 Å². The Labute approximate surface area is 203 Å². The van der Waals surface area contributed by atoms with Crippen LogP contribution in [0.1, 0.15) is 28.2 Å². The predicted octanol–water partition coefficient (Wildman–Crippen LogP) is 4.87. The molecule has 0 radical (unpaired) electrons. The number of benzene rings is 3. The molecule has 0 spiro atoms. The van der Waals surface area contributed by atoms with Crippen LogP contribution in [0.3, 0.4) is 0 Å². The molecular weight excluding hydrogens is 418 g/mol. The largest absolute Gasteiger partial charge is 0.368 e. The van der Waals surface area contributed by atoms with Crippen LogP contribution in [0.4, 0.5) is 5.69 Å². The molecule has 2 aliphatic rings. The van der Waals surface area contributed by atoms with E-state index < -0.39 is 0 Å². The first-order chi connectivity index (χ1) is 16.6. The second-order valence-electron chi connectivity index (χ2n) is 9.91. The van der Waals surface area contributed by atoms with Crippen molar-refractivity contribution in [1.82, 2.24) is 9.80 Å². The number of anilines is 1. The third kappa shape index (κ3) is 4.88. The van der Waals surface area contributed by atoms with Crippen molar-refractivity contribution < 1.29 is 4.79 Å². The maximum atomic E-state index is 13.8. The Kier molecular flexibility index (Phi) is 6.68. The Hall–Kier alpha value is -3.11. The standard InChI is InChI=1S/C30H35N3O/c1-23-13-14-24(2)29(19-23)32-15-17-33(18-16-32)30(34)28-22-31(20-25-9-5-3-6-10-25)21-27(28)26-11-7-4-8-12-26/h3-14,19,27-28H,15-18,20-22H2,1-2H3/t27-,28-/m0/s1. The van der Waals surface area contributed by atoms with Gasteiger partial charge in [-0.3, -0.25) is 9.69 Å². The third-order valence-corrected chi connectivity index (χ3v) is 7.49. The summed E-state index contributed by atoms with van der Waals surface area (Å²) >= 11 is 0. The van der Waals surface area contributed by atoms with Gasteiger partial charge in [-0.25, -0.2) is 0 Å². The van der Waals surface area contributed by atoms with Gasteiger partial charge in [0.05, 0.1) is 5.92 Å². The maximum Gasteiger partial charge on any atom is 0.227 e. The van der Waals surface area contributed by atoms with Crippen LogP contribution in [0.25, 0.3) is 0 Å². The molecule has 0 saturated carbocycles. The molecule has 0 N–H and O–H groups in total. The number of carbonyl (C=O) groups is 1. The molecule has 2 saturated heterocycles. The Bertz CT molecular complexity index is 1110. The first kappa shape index (κ1) is 22.7. The molecule has 5 rings (SSSR count). The smallest absolute Gasteiger partial charge is 0.227 e. The van der Waals surface area contributed by atoms with Gasteiger partial charge in [-0.05, 0) is 42.2 Å². The van der Waals surface area contributed by atoms with Gasteiger partial charge in [-0.2, -0.15) is 0 Å². The molecule has 34 heavy (non-hydrogen) atoms. The molecule has 0 aliphatic carbocycles. The van der Waals surface area contributed by atoms with Gasteiger partial charge in [0.25, 0.3) is 0 Å². The van der Waals surface area contributed by atoms with Crippen LogP contribution in [-0.4, -0.2) is 55.0 Å². The number of hydrogen-bond donors (Lipinski definition) is 0. The van der Waals surface area contributed by atoms with E-state index in [4.69, 9.17) is 0 Å². The fraction of sp³-hybridized carbons (Fsp3) is 0.367. The zero-order chi connectivity index (χ0) is 23.5. The molecule has 176 valence electrons. The number of aryl methyl sites for hydroxylation is 2.